The number of fused-ring (bicyclic) bond motifs is 1. The van der Waals surface area contributed by atoms with E-state index in [2.05, 4.69) is 27.1 Å². The average molecular weight is 333 g/mol. The average Bonchev–Trinajstić information content (AvgIpc) is 2.96. The summed E-state index contributed by atoms with van der Waals surface area (Å²) >= 11 is 0. The van der Waals surface area contributed by atoms with E-state index >= 15 is 0 Å². The maximum absolute atomic E-state index is 12.5. The first kappa shape index (κ1) is 18.2. The molecule has 0 saturated heterocycles. The van der Waals surface area contributed by atoms with Gasteiger partial charge in [0.1, 0.15) is 5.69 Å². The van der Waals surface area contributed by atoms with Crippen molar-refractivity contribution in [1.29, 1.82) is 0 Å². The van der Waals surface area contributed by atoms with Crippen LogP contribution in [0, 0.1) is 0 Å². The zero-order chi connectivity index (χ0) is 17.5. The van der Waals surface area contributed by atoms with E-state index in [9.17, 15) is 9.59 Å². The number of imidazole rings is 1. The fraction of sp³-hybridized carbons (Fsp3) is 0.588. The van der Waals surface area contributed by atoms with Crippen LogP contribution in [-0.4, -0.2) is 60.0 Å². The number of amides is 2. The van der Waals surface area contributed by atoms with Crippen molar-refractivity contribution in [3.8, 4) is 0 Å². The Labute approximate surface area is 143 Å². The Balaban J connectivity index is 2.11. The van der Waals surface area contributed by atoms with Crippen molar-refractivity contribution >= 4 is 11.8 Å². The molecule has 0 atom stereocenters. The van der Waals surface area contributed by atoms with Crippen LogP contribution in [0.3, 0.4) is 0 Å². The quantitative estimate of drug-likeness (QED) is 0.545. The minimum absolute atomic E-state index is 0.209. The highest BCUT2D eigenvalue weighted by molar-refractivity contribution is 5.97. The molecule has 0 radical (unpaired) electrons. The SMILES string of the molecule is C=CCNC(=O)c1nc(C(=O)NCCCN(C)C)n2c1CCCC2. The lowest BCUT2D eigenvalue weighted by atomic mass is 10.1. The molecule has 0 aliphatic carbocycles. The molecular weight excluding hydrogens is 306 g/mol. The number of nitrogens with one attached hydrogen (secondary N) is 2. The third kappa shape index (κ3) is 4.44. The Kier molecular flexibility index (Phi) is 6.54. The van der Waals surface area contributed by atoms with E-state index in [1.54, 1.807) is 6.08 Å². The monoisotopic (exact) mass is 333 g/mol. The van der Waals surface area contributed by atoms with Crippen LogP contribution >= 0.6 is 0 Å². The van der Waals surface area contributed by atoms with E-state index in [0.29, 0.717) is 24.6 Å². The van der Waals surface area contributed by atoms with Gasteiger partial charge in [-0.3, -0.25) is 9.59 Å². The number of aromatic nitrogens is 2. The fourth-order valence-corrected chi connectivity index (χ4v) is 2.82. The van der Waals surface area contributed by atoms with Crippen LogP contribution in [0.5, 0.6) is 0 Å². The van der Waals surface area contributed by atoms with Crippen LogP contribution in [-0.2, 0) is 13.0 Å². The molecule has 0 unspecified atom stereocenters. The second-order valence-electron chi connectivity index (χ2n) is 6.25. The molecule has 2 heterocycles. The van der Waals surface area contributed by atoms with Crippen LogP contribution in [0.25, 0.3) is 0 Å². The van der Waals surface area contributed by atoms with Gasteiger partial charge >= 0.3 is 0 Å². The maximum atomic E-state index is 12.5. The van der Waals surface area contributed by atoms with Crippen LogP contribution in [0.4, 0.5) is 0 Å². The van der Waals surface area contributed by atoms with Crippen molar-refractivity contribution < 1.29 is 9.59 Å². The highest BCUT2D eigenvalue weighted by Gasteiger charge is 2.27. The molecular formula is C17H27N5O2. The summed E-state index contributed by atoms with van der Waals surface area (Å²) < 4.78 is 1.90. The zero-order valence-corrected chi connectivity index (χ0v) is 14.6. The second-order valence-corrected chi connectivity index (χ2v) is 6.25. The zero-order valence-electron chi connectivity index (χ0n) is 14.6. The maximum Gasteiger partial charge on any atom is 0.287 e. The van der Waals surface area contributed by atoms with Gasteiger partial charge in [0.25, 0.3) is 11.8 Å². The lowest BCUT2D eigenvalue weighted by Crippen LogP contribution is -2.30. The molecule has 2 rings (SSSR count). The standard InChI is InChI=1S/C17H27N5O2/c1-4-9-18-16(23)14-13-8-5-6-12-22(13)15(20-14)17(24)19-10-7-11-21(2)3/h4H,1,5-12H2,2-3H3,(H,18,23)(H,19,24). The second kappa shape index (κ2) is 8.63. The van der Waals surface area contributed by atoms with Gasteiger partial charge in [-0.1, -0.05) is 6.08 Å². The molecule has 0 aromatic carbocycles. The molecule has 1 aromatic rings. The van der Waals surface area contributed by atoms with Gasteiger partial charge in [-0.25, -0.2) is 4.98 Å². The van der Waals surface area contributed by atoms with Gasteiger partial charge in [0.2, 0.25) is 0 Å². The lowest BCUT2D eigenvalue weighted by molar-refractivity contribution is 0.0936. The Morgan fingerprint density at radius 1 is 1.29 bits per heavy atom. The molecule has 132 valence electrons. The summed E-state index contributed by atoms with van der Waals surface area (Å²) in [6, 6.07) is 0. The molecule has 1 aliphatic heterocycles. The van der Waals surface area contributed by atoms with Gasteiger partial charge in [0.05, 0.1) is 5.69 Å². The van der Waals surface area contributed by atoms with Crippen molar-refractivity contribution in [2.24, 2.45) is 0 Å². The van der Waals surface area contributed by atoms with Crippen molar-refractivity contribution in [1.82, 2.24) is 25.1 Å². The molecule has 1 aliphatic rings. The number of rotatable bonds is 8. The van der Waals surface area contributed by atoms with Crippen molar-refractivity contribution in [3.05, 3.63) is 29.9 Å². The minimum Gasteiger partial charge on any atom is -0.349 e. The summed E-state index contributed by atoms with van der Waals surface area (Å²) in [5.41, 5.74) is 1.23. The predicted molar refractivity (Wildman–Crippen MR) is 93.2 cm³/mol. The van der Waals surface area contributed by atoms with E-state index in [4.69, 9.17) is 0 Å². The first-order valence-electron chi connectivity index (χ1n) is 8.46. The van der Waals surface area contributed by atoms with Crippen molar-refractivity contribution in [2.45, 2.75) is 32.2 Å². The molecule has 24 heavy (non-hydrogen) atoms. The largest absolute Gasteiger partial charge is 0.349 e. The molecule has 7 heteroatoms. The van der Waals surface area contributed by atoms with Crippen molar-refractivity contribution in [2.75, 3.05) is 33.7 Å². The number of carbonyl (C=O) groups is 2. The summed E-state index contributed by atoms with van der Waals surface area (Å²) in [5.74, 6) is -0.106. The Bertz CT molecular complexity index is 606. The molecule has 2 N–H and O–H groups in total. The number of hydrogen-bond donors (Lipinski definition) is 2. The van der Waals surface area contributed by atoms with Gasteiger partial charge in [-0.2, -0.15) is 0 Å². The molecule has 1 aromatic heterocycles. The van der Waals surface area contributed by atoms with Crippen LogP contribution in [0.15, 0.2) is 12.7 Å². The molecule has 2 amide bonds. The van der Waals surface area contributed by atoms with E-state index < -0.39 is 0 Å². The highest BCUT2D eigenvalue weighted by Crippen LogP contribution is 2.21. The lowest BCUT2D eigenvalue weighted by Gasteiger charge is -2.17. The van der Waals surface area contributed by atoms with E-state index in [0.717, 1.165) is 44.5 Å². The number of nitrogens with zero attached hydrogens (tertiary/aromatic N) is 3. The summed E-state index contributed by atoms with van der Waals surface area (Å²) in [7, 11) is 4.00. The Morgan fingerprint density at radius 3 is 2.79 bits per heavy atom. The van der Waals surface area contributed by atoms with Gasteiger partial charge in [0.15, 0.2) is 5.82 Å². The van der Waals surface area contributed by atoms with Gasteiger partial charge < -0.3 is 20.1 Å². The van der Waals surface area contributed by atoms with Gasteiger partial charge in [0, 0.05) is 19.6 Å². The minimum atomic E-state index is -0.243. The van der Waals surface area contributed by atoms with Gasteiger partial charge in [-0.15, -0.1) is 6.58 Å². The van der Waals surface area contributed by atoms with Crippen molar-refractivity contribution in [3.63, 3.8) is 0 Å². The summed E-state index contributed by atoms with van der Waals surface area (Å²) in [6.07, 6.45) is 5.28. The van der Waals surface area contributed by atoms with Crippen LogP contribution in [0.2, 0.25) is 0 Å². The Morgan fingerprint density at radius 2 is 2.08 bits per heavy atom. The molecule has 0 fully saturated rings. The molecule has 7 nitrogen and oxygen atoms in total. The van der Waals surface area contributed by atoms with E-state index in [-0.39, 0.29) is 11.8 Å². The third-order valence-electron chi connectivity index (χ3n) is 4.01. The summed E-state index contributed by atoms with van der Waals surface area (Å²) in [4.78, 5) is 31.2. The van der Waals surface area contributed by atoms with E-state index in [1.807, 2.05) is 18.7 Å². The molecule has 0 saturated carbocycles. The number of hydrogen-bond acceptors (Lipinski definition) is 4. The summed E-state index contributed by atoms with van der Waals surface area (Å²) in [5, 5.41) is 5.65. The smallest absolute Gasteiger partial charge is 0.287 e. The first-order chi connectivity index (χ1) is 11.5. The Hall–Kier alpha value is -2.15. The first-order valence-corrected chi connectivity index (χ1v) is 8.46. The van der Waals surface area contributed by atoms with Crippen LogP contribution < -0.4 is 10.6 Å². The van der Waals surface area contributed by atoms with E-state index in [1.165, 1.54) is 0 Å². The number of carbonyl (C=O) groups excluding carboxylic acids is 2. The fourth-order valence-electron chi connectivity index (χ4n) is 2.82. The topological polar surface area (TPSA) is 79.3 Å². The summed E-state index contributed by atoms with van der Waals surface area (Å²) in [6.45, 7) is 6.22. The molecule has 0 bridgehead atoms. The predicted octanol–water partition coefficient (Wildman–Crippen LogP) is 0.817. The normalized spacial score (nSPS) is 13.5. The third-order valence-corrected chi connectivity index (χ3v) is 4.01. The van der Waals surface area contributed by atoms with Gasteiger partial charge in [-0.05, 0) is 46.3 Å². The molecule has 0 spiro atoms. The highest BCUT2D eigenvalue weighted by atomic mass is 16.2. The van der Waals surface area contributed by atoms with Crippen LogP contribution in [0.1, 0.15) is 46.1 Å².